The maximum absolute atomic E-state index is 6.06. The molecule has 0 amide bonds. The Morgan fingerprint density at radius 1 is 1.16 bits per heavy atom. The van der Waals surface area contributed by atoms with Gasteiger partial charge in [0.1, 0.15) is 0 Å². The van der Waals surface area contributed by atoms with Crippen molar-refractivity contribution in [1.29, 1.82) is 0 Å². The van der Waals surface area contributed by atoms with Gasteiger partial charge in [-0.25, -0.2) is 0 Å². The van der Waals surface area contributed by atoms with E-state index in [1.165, 1.54) is 30.4 Å². The summed E-state index contributed by atoms with van der Waals surface area (Å²) >= 11 is 0. The summed E-state index contributed by atoms with van der Waals surface area (Å²) in [5, 5.41) is 3.60. The highest BCUT2D eigenvalue weighted by molar-refractivity contribution is 5.27. The fourth-order valence-corrected chi connectivity index (χ4v) is 2.82. The van der Waals surface area contributed by atoms with Crippen molar-refractivity contribution >= 4 is 0 Å². The lowest BCUT2D eigenvalue weighted by Crippen LogP contribution is -2.41. The number of hydrogen-bond acceptors (Lipinski definition) is 2. The Balaban J connectivity index is 1.80. The Morgan fingerprint density at radius 3 is 2.37 bits per heavy atom. The molecule has 0 aromatic heterocycles. The molecule has 106 valence electrons. The predicted octanol–water partition coefficient (Wildman–Crippen LogP) is 3.00. The van der Waals surface area contributed by atoms with Crippen LogP contribution in [-0.2, 0) is 11.8 Å². The predicted molar refractivity (Wildman–Crippen MR) is 82.5 cm³/mol. The van der Waals surface area contributed by atoms with Crippen LogP contribution in [0.3, 0.4) is 0 Å². The minimum atomic E-state index is 0.243. The van der Waals surface area contributed by atoms with E-state index in [2.05, 4.69) is 50.4 Å². The maximum atomic E-state index is 6.06. The van der Waals surface area contributed by atoms with Gasteiger partial charge in [-0.3, -0.25) is 0 Å². The molecule has 1 fully saturated rings. The van der Waals surface area contributed by atoms with Crippen molar-refractivity contribution in [2.75, 3.05) is 6.54 Å². The quantitative estimate of drug-likeness (QED) is 0.873. The van der Waals surface area contributed by atoms with Crippen LogP contribution >= 0.6 is 0 Å². The lowest BCUT2D eigenvalue weighted by Gasteiger charge is -2.20. The first-order valence-corrected chi connectivity index (χ1v) is 7.55. The zero-order chi connectivity index (χ0) is 13.9. The third-order valence-electron chi connectivity index (χ3n) is 4.21. The number of nitrogens with two attached hydrogens (primary N) is 1. The van der Waals surface area contributed by atoms with Crippen LogP contribution in [0.4, 0.5) is 0 Å². The molecule has 3 N–H and O–H groups in total. The van der Waals surface area contributed by atoms with E-state index < -0.39 is 0 Å². The second-order valence-electron chi connectivity index (χ2n) is 6.85. The number of hydrogen-bond donors (Lipinski definition) is 2. The standard InChI is InChI=1S/C17H28N2/c1-17(2,3)14-9-7-13(8-10-14)11-12-19-16-6-4-5-15(16)18/h7-10,15-16,19H,4-6,11-12,18H2,1-3H3. The van der Waals surface area contributed by atoms with Gasteiger partial charge in [0.25, 0.3) is 0 Å². The van der Waals surface area contributed by atoms with Crippen LogP contribution < -0.4 is 11.1 Å². The van der Waals surface area contributed by atoms with Crippen molar-refractivity contribution in [3.8, 4) is 0 Å². The van der Waals surface area contributed by atoms with Gasteiger partial charge in [0, 0.05) is 12.1 Å². The third-order valence-corrected chi connectivity index (χ3v) is 4.21. The van der Waals surface area contributed by atoms with E-state index in [-0.39, 0.29) is 5.41 Å². The summed E-state index contributed by atoms with van der Waals surface area (Å²) in [6.07, 6.45) is 4.79. The molecular weight excluding hydrogens is 232 g/mol. The molecule has 0 heterocycles. The Labute approximate surface area is 117 Å². The highest BCUT2D eigenvalue weighted by atomic mass is 15.0. The molecular formula is C17H28N2. The van der Waals surface area contributed by atoms with E-state index in [0.717, 1.165) is 13.0 Å². The summed E-state index contributed by atoms with van der Waals surface area (Å²) in [4.78, 5) is 0. The van der Waals surface area contributed by atoms with Gasteiger partial charge in [0.15, 0.2) is 0 Å². The molecule has 0 radical (unpaired) electrons. The molecule has 1 aromatic rings. The highest BCUT2D eigenvalue weighted by Crippen LogP contribution is 2.22. The minimum Gasteiger partial charge on any atom is -0.326 e. The van der Waals surface area contributed by atoms with E-state index in [4.69, 9.17) is 5.73 Å². The Bertz CT molecular complexity index is 389. The van der Waals surface area contributed by atoms with Gasteiger partial charge < -0.3 is 11.1 Å². The molecule has 2 nitrogen and oxygen atoms in total. The molecule has 1 aromatic carbocycles. The lowest BCUT2D eigenvalue weighted by atomic mass is 9.86. The molecule has 0 saturated heterocycles. The summed E-state index contributed by atoms with van der Waals surface area (Å²) in [7, 11) is 0. The van der Waals surface area contributed by atoms with Crippen LogP contribution in [0.1, 0.15) is 51.2 Å². The van der Waals surface area contributed by atoms with Gasteiger partial charge in [0.05, 0.1) is 0 Å². The van der Waals surface area contributed by atoms with Crippen molar-refractivity contribution in [3.05, 3.63) is 35.4 Å². The fourth-order valence-electron chi connectivity index (χ4n) is 2.82. The first-order valence-electron chi connectivity index (χ1n) is 7.55. The van der Waals surface area contributed by atoms with Crippen LogP contribution in [0, 0.1) is 0 Å². The third kappa shape index (κ3) is 4.05. The van der Waals surface area contributed by atoms with Gasteiger partial charge in [-0.05, 0) is 42.3 Å². The van der Waals surface area contributed by atoms with Gasteiger partial charge in [-0.2, -0.15) is 0 Å². The van der Waals surface area contributed by atoms with Gasteiger partial charge in [-0.15, -0.1) is 0 Å². The summed E-state index contributed by atoms with van der Waals surface area (Å²) in [6.45, 7) is 7.80. The molecule has 2 rings (SSSR count). The summed E-state index contributed by atoms with van der Waals surface area (Å²) < 4.78 is 0. The largest absolute Gasteiger partial charge is 0.326 e. The SMILES string of the molecule is CC(C)(C)c1ccc(CCNC2CCCC2N)cc1. The topological polar surface area (TPSA) is 38.0 Å². The first kappa shape index (κ1) is 14.5. The molecule has 0 bridgehead atoms. The van der Waals surface area contributed by atoms with E-state index in [1.54, 1.807) is 0 Å². The van der Waals surface area contributed by atoms with Crippen molar-refractivity contribution in [1.82, 2.24) is 5.32 Å². The van der Waals surface area contributed by atoms with E-state index >= 15 is 0 Å². The number of benzene rings is 1. The average Bonchev–Trinajstić information content (AvgIpc) is 2.75. The molecule has 2 unspecified atom stereocenters. The molecule has 1 aliphatic rings. The zero-order valence-corrected chi connectivity index (χ0v) is 12.6. The second-order valence-corrected chi connectivity index (χ2v) is 6.85. The lowest BCUT2D eigenvalue weighted by molar-refractivity contribution is 0.479. The minimum absolute atomic E-state index is 0.243. The smallest absolute Gasteiger partial charge is 0.0219 e. The molecule has 0 spiro atoms. The van der Waals surface area contributed by atoms with E-state index in [0.29, 0.717) is 12.1 Å². The Kier molecular flexibility index (Phi) is 4.64. The summed E-state index contributed by atoms with van der Waals surface area (Å²) in [5.41, 5.74) is 9.12. The van der Waals surface area contributed by atoms with Crippen LogP contribution in [-0.4, -0.2) is 18.6 Å². The van der Waals surface area contributed by atoms with Gasteiger partial charge in [0.2, 0.25) is 0 Å². The maximum Gasteiger partial charge on any atom is 0.0219 e. The molecule has 2 atom stereocenters. The number of nitrogens with one attached hydrogen (secondary N) is 1. The van der Waals surface area contributed by atoms with Crippen molar-refractivity contribution in [3.63, 3.8) is 0 Å². The first-order chi connectivity index (χ1) is 8.97. The number of rotatable bonds is 4. The second kappa shape index (κ2) is 6.06. The highest BCUT2D eigenvalue weighted by Gasteiger charge is 2.22. The monoisotopic (exact) mass is 260 g/mol. The fraction of sp³-hybridized carbons (Fsp3) is 0.647. The summed E-state index contributed by atoms with van der Waals surface area (Å²) in [5.74, 6) is 0. The van der Waals surface area contributed by atoms with Crippen molar-refractivity contribution < 1.29 is 0 Å². The molecule has 1 saturated carbocycles. The van der Waals surface area contributed by atoms with Gasteiger partial charge >= 0.3 is 0 Å². The van der Waals surface area contributed by atoms with Crippen LogP contribution in [0.25, 0.3) is 0 Å². The normalized spacial score (nSPS) is 23.8. The average molecular weight is 260 g/mol. The van der Waals surface area contributed by atoms with Crippen LogP contribution in [0.2, 0.25) is 0 Å². The van der Waals surface area contributed by atoms with Crippen molar-refractivity contribution in [2.45, 2.75) is 64.0 Å². The van der Waals surface area contributed by atoms with Gasteiger partial charge in [-0.1, -0.05) is 51.5 Å². The zero-order valence-electron chi connectivity index (χ0n) is 12.6. The van der Waals surface area contributed by atoms with E-state index in [1.807, 2.05) is 0 Å². The molecule has 0 aliphatic heterocycles. The molecule has 2 heteroatoms. The van der Waals surface area contributed by atoms with Crippen LogP contribution in [0.5, 0.6) is 0 Å². The van der Waals surface area contributed by atoms with E-state index in [9.17, 15) is 0 Å². The Hall–Kier alpha value is -0.860. The molecule has 1 aliphatic carbocycles. The van der Waals surface area contributed by atoms with Crippen molar-refractivity contribution in [2.24, 2.45) is 5.73 Å². The molecule has 19 heavy (non-hydrogen) atoms. The Morgan fingerprint density at radius 2 is 1.84 bits per heavy atom. The van der Waals surface area contributed by atoms with Crippen LogP contribution in [0.15, 0.2) is 24.3 Å². The summed E-state index contributed by atoms with van der Waals surface area (Å²) in [6, 6.07) is 9.94.